The third kappa shape index (κ3) is 8.04. The Morgan fingerprint density at radius 3 is 1.06 bits per heavy atom. The molecule has 2 heteroatoms. The maximum absolute atomic E-state index is 5.75. The molecular formula is C52H66N2. The van der Waals surface area contributed by atoms with E-state index >= 15 is 0 Å². The lowest BCUT2D eigenvalue weighted by atomic mass is 9.84. The van der Waals surface area contributed by atoms with Gasteiger partial charge in [0, 0.05) is 48.1 Å². The van der Waals surface area contributed by atoms with Crippen LogP contribution in [0.15, 0.2) is 176 Å². The Kier molecular flexibility index (Phi) is 11.1. The van der Waals surface area contributed by atoms with E-state index in [0.717, 1.165) is 34.1 Å². The van der Waals surface area contributed by atoms with E-state index in [0.29, 0.717) is 0 Å². The Morgan fingerprint density at radius 1 is 0.389 bits per heavy atom. The summed E-state index contributed by atoms with van der Waals surface area (Å²) in [6, 6.07) is 63.7. The van der Waals surface area contributed by atoms with Crippen LogP contribution in [0.4, 0.5) is 34.1 Å². The molecule has 54 heavy (non-hydrogen) atoms. The molecule has 0 heterocycles. The van der Waals surface area contributed by atoms with Gasteiger partial charge < -0.3 is 9.80 Å². The number of hydrogen-bond donors (Lipinski definition) is 0. The molecule has 0 atom stereocenters. The summed E-state index contributed by atoms with van der Waals surface area (Å²) < 4.78 is 51.5. The van der Waals surface area contributed by atoms with Crippen LogP contribution in [0.3, 0.4) is 0 Å². The molecule has 8 rings (SSSR count). The summed E-state index contributed by atoms with van der Waals surface area (Å²) in [4.78, 5) is 4.80. The lowest BCUT2D eigenvalue weighted by Gasteiger charge is -2.30. The van der Waals surface area contributed by atoms with Crippen molar-refractivity contribution in [2.75, 3.05) is 9.80 Å². The topological polar surface area (TPSA) is 6.48 Å². The third-order valence-corrected chi connectivity index (χ3v) is 9.34. The van der Waals surface area contributed by atoms with Crippen molar-refractivity contribution in [3.63, 3.8) is 0 Å². The van der Waals surface area contributed by atoms with Crippen LogP contribution in [0.2, 0.25) is 0 Å². The van der Waals surface area contributed by atoms with E-state index in [1.165, 1.54) is 52.7 Å². The molecule has 284 valence electrons. The predicted molar refractivity (Wildman–Crippen MR) is 252 cm³/mol. The van der Waals surface area contributed by atoms with E-state index in [4.69, 9.17) is 14.6 Å². The first kappa shape index (κ1) is 32.8. The fourth-order valence-corrected chi connectivity index (χ4v) is 6.96. The van der Waals surface area contributed by atoms with E-state index in [1.807, 2.05) is 27.7 Å². The molecule has 0 saturated heterocycles. The van der Waals surface area contributed by atoms with Gasteiger partial charge >= 0.3 is 0 Å². The molecule has 0 aliphatic heterocycles. The van der Waals surface area contributed by atoms with Crippen molar-refractivity contribution < 1.29 is 14.6 Å². The summed E-state index contributed by atoms with van der Waals surface area (Å²) in [6.45, 7) is 14.9. The molecule has 2 nitrogen and oxygen atoms in total. The minimum atomic E-state index is -0.00510. The largest absolute Gasteiger partial charge is 0.310 e. The number of anilines is 6. The molecule has 0 saturated carbocycles. The summed E-state index contributed by atoms with van der Waals surface area (Å²) in [6.07, 6.45) is 0. The second kappa shape index (κ2) is 18.3. The lowest BCUT2D eigenvalue weighted by Crippen LogP contribution is -2.13. The maximum Gasteiger partial charge on any atom is 0.0546 e. The molecule has 8 aromatic rings. The van der Waals surface area contributed by atoms with Crippen LogP contribution in [-0.4, -0.2) is 0 Å². The normalized spacial score (nSPS) is 11.4. The van der Waals surface area contributed by atoms with Crippen LogP contribution in [0.25, 0.3) is 32.3 Å². The zero-order valence-corrected chi connectivity index (χ0v) is 33.6. The molecular weight excluding hydrogens is 653 g/mol. The molecule has 8 aromatic carbocycles. The van der Waals surface area contributed by atoms with Crippen LogP contribution in [0, 0.1) is 0 Å². The zero-order valence-electron chi connectivity index (χ0n) is 43.6. The van der Waals surface area contributed by atoms with Gasteiger partial charge in [-0.05, 0) is 99.3 Å². The van der Waals surface area contributed by atoms with Crippen LogP contribution < -0.4 is 9.80 Å². The van der Waals surface area contributed by atoms with Gasteiger partial charge in [-0.15, -0.1) is 0 Å². The Balaban J connectivity index is 0.00000225. The van der Waals surface area contributed by atoms with Gasteiger partial charge in [0.2, 0.25) is 0 Å². The van der Waals surface area contributed by atoms with Crippen molar-refractivity contribution in [1.82, 2.24) is 0 Å². The maximum atomic E-state index is 5.75. The quantitative estimate of drug-likeness (QED) is 0.157. The van der Waals surface area contributed by atoms with E-state index in [1.54, 1.807) is 0 Å². The number of nitrogens with zero attached hydrogens (tertiary/aromatic N) is 2. The standard InChI is InChI=1S/C46H38N2.2C2H6.2CH4.4H2/c1-46(2,3)33-28-29-40-41(30-33)43-32-44(47(34-18-8-4-9-19-34)35-20-10-5-11-21-35)39-27-17-16-26-38(39)42(43)31-45(40)48(36-22-12-6-13-23-36)37-24-14-7-15-25-37;2*1-2;;;;;;/h4-32H,1-3H3;2*1-2H3;2*1H4;4*1H/i;;;2*1D;4*1+1D. The lowest BCUT2D eigenvalue weighted by molar-refractivity contribution is 0.591. The van der Waals surface area contributed by atoms with Gasteiger partial charge in [0.25, 0.3) is 0 Å². The van der Waals surface area contributed by atoms with Crippen LogP contribution in [-0.2, 0) is 5.41 Å². The first-order valence-electron chi connectivity index (χ1n) is 24.7. The number of fused-ring (bicyclic) bond motifs is 5. The van der Waals surface area contributed by atoms with E-state index in [9.17, 15) is 0 Å². The van der Waals surface area contributed by atoms with Crippen LogP contribution in [0.5, 0.6) is 0 Å². The number of rotatable bonds is 6. The van der Waals surface area contributed by atoms with Crippen molar-refractivity contribution in [3.8, 4) is 0 Å². The minimum absolute atomic E-state index is 0.00510. The van der Waals surface area contributed by atoms with Gasteiger partial charge in [0.05, 0.1) is 11.4 Å². The Morgan fingerprint density at radius 2 is 0.685 bits per heavy atom. The van der Waals surface area contributed by atoms with E-state index in [2.05, 4.69) is 206 Å². The molecule has 0 unspecified atom stereocenters. The van der Waals surface area contributed by atoms with Crippen LogP contribution in [0.1, 0.15) is 83.5 Å². The predicted octanol–water partition coefficient (Wildman–Crippen LogP) is 17.7. The highest BCUT2D eigenvalue weighted by molar-refractivity contribution is 6.24. The Labute approximate surface area is 340 Å². The van der Waals surface area contributed by atoms with Crippen molar-refractivity contribution in [1.29, 1.82) is 0 Å². The van der Waals surface area contributed by atoms with E-state index in [-0.39, 0.29) is 5.41 Å². The molecule has 0 aliphatic rings. The van der Waals surface area contributed by atoms with Gasteiger partial charge in [-0.25, -0.2) is 0 Å². The number of hydrogen-bond acceptors (Lipinski definition) is 2. The molecule has 0 spiro atoms. The molecule has 0 N–H and O–H groups in total. The zero-order chi connectivity index (χ0) is 48.7. The summed E-state index contributed by atoms with van der Waals surface area (Å²) in [5.41, 5.74) is 8.15. The second-order valence-corrected chi connectivity index (χ2v) is 13.5. The molecule has 0 aliphatic carbocycles. The number of para-hydroxylation sites is 4. The fraction of sp³-hybridized carbons (Fsp3) is 0.192. The van der Waals surface area contributed by atoms with Crippen molar-refractivity contribution in [2.24, 2.45) is 0 Å². The highest BCUT2D eigenvalue weighted by atomic mass is 15.1. The number of benzene rings is 8. The second-order valence-electron chi connectivity index (χ2n) is 13.5. The molecule has 0 fully saturated rings. The molecule has 0 aromatic heterocycles. The highest BCUT2D eigenvalue weighted by Crippen LogP contribution is 2.48. The molecule has 0 amide bonds. The Bertz CT molecular complexity index is 2320. The summed E-state index contributed by atoms with van der Waals surface area (Å²) >= 11 is 0. The first-order chi connectivity index (χ1) is 31.5. The minimum Gasteiger partial charge on any atom is -0.310 e. The van der Waals surface area contributed by atoms with Crippen molar-refractivity contribution in [2.45, 2.75) is 68.7 Å². The van der Waals surface area contributed by atoms with Gasteiger partial charge in [0.15, 0.2) is 0 Å². The van der Waals surface area contributed by atoms with Gasteiger partial charge in [-0.2, -0.15) is 0 Å². The first-order valence-corrected chi connectivity index (χ1v) is 18.7. The average Bonchev–Trinajstić information content (AvgIpc) is 3.40. The van der Waals surface area contributed by atoms with Gasteiger partial charge in [0.1, 0.15) is 0 Å². The SMILES string of the molecule is CC.CC.CC(C)(C)c1ccc2c(N(c3ccccc3)c3ccccc3)cc3c4ccccc4c(N(c4ccccc4)c4ccccc4)cc3c2c1.[2H]C.[2H]C.[2H][2H].[2H][2H].[2H][2H].[2H][2H]. The fourth-order valence-electron chi connectivity index (χ4n) is 6.96. The Hall–Kier alpha value is -5.86. The van der Waals surface area contributed by atoms with Crippen LogP contribution >= 0.6 is 0 Å². The molecule has 0 bridgehead atoms. The van der Waals surface area contributed by atoms with Crippen molar-refractivity contribution >= 4 is 66.4 Å². The van der Waals surface area contributed by atoms with Crippen molar-refractivity contribution in [3.05, 3.63) is 181 Å². The smallest absolute Gasteiger partial charge is 0.0546 e. The van der Waals surface area contributed by atoms with Gasteiger partial charge in [-0.3, -0.25) is 0 Å². The van der Waals surface area contributed by atoms with Gasteiger partial charge in [-0.1, -0.05) is 172 Å². The third-order valence-electron chi connectivity index (χ3n) is 9.34. The summed E-state index contributed by atoms with van der Waals surface area (Å²) in [5, 5.41) is 7.39. The summed E-state index contributed by atoms with van der Waals surface area (Å²) in [5.74, 6) is 0. The van der Waals surface area contributed by atoms with E-state index < -0.39 is 0 Å². The highest BCUT2D eigenvalue weighted by Gasteiger charge is 2.23. The monoisotopic (exact) mass is 729 g/mol. The average molecular weight is 729 g/mol. The molecule has 0 radical (unpaired) electrons. The summed E-state index contributed by atoms with van der Waals surface area (Å²) in [7, 11) is 2.50.